The van der Waals surface area contributed by atoms with Gasteiger partial charge < -0.3 is 19.9 Å². The van der Waals surface area contributed by atoms with Crippen LogP contribution in [-0.4, -0.2) is 30.9 Å². The predicted molar refractivity (Wildman–Crippen MR) is 77.5 cm³/mol. The van der Waals surface area contributed by atoms with Crippen molar-refractivity contribution in [2.45, 2.75) is 32.7 Å². The van der Waals surface area contributed by atoms with E-state index in [2.05, 4.69) is 5.32 Å². The molecule has 0 heterocycles. The zero-order valence-corrected chi connectivity index (χ0v) is 12.5. The lowest BCUT2D eigenvalue weighted by molar-refractivity contribution is -0.139. The van der Waals surface area contributed by atoms with Crippen LogP contribution in [0.15, 0.2) is 18.2 Å². The summed E-state index contributed by atoms with van der Waals surface area (Å²) in [5.74, 6) is -0.486. The molecule has 0 aliphatic heterocycles. The maximum Gasteiger partial charge on any atom is 0.408 e. The second-order valence-electron chi connectivity index (χ2n) is 4.63. The molecule has 1 amide bonds. The Kier molecular flexibility index (Phi) is 6.52. The quantitative estimate of drug-likeness (QED) is 0.755. The van der Waals surface area contributed by atoms with Crippen LogP contribution >= 0.6 is 0 Å². The largest absolute Gasteiger partial charge is 0.496 e. The topological polar surface area (TPSA) is 84.9 Å². The SMILES string of the molecule is CCCCOC(=O)NC(C(=O)O)c1ccc(OC)c(C)c1. The number of unbranched alkanes of at least 4 members (excludes halogenated alkanes) is 1. The number of methoxy groups -OCH3 is 1. The van der Waals surface area contributed by atoms with Gasteiger partial charge in [-0.25, -0.2) is 9.59 Å². The fourth-order valence-corrected chi connectivity index (χ4v) is 1.84. The van der Waals surface area contributed by atoms with Gasteiger partial charge in [0.05, 0.1) is 13.7 Å². The van der Waals surface area contributed by atoms with Crippen LogP contribution in [0.3, 0.4) is 0 Å². The van der Waals surface area contributed by atoms with Crippen LogP contribution in [0.1, 0.15) is 36.9 Å². The molecule has 6 nitrogen and oxygen atoms in total. The van der Waals surface area contributed by atoms with Crippen LogP contribution in [0.2, 0.25) is 0 Å². The van der Waals surface area contributed by atoms with Gasteiger partial charge in [0.25, 0.3) is 0 Å². The van der Waals surface area contributed by atoms with E-state index < -0.39 is 18.1 Å². The highest BCUT2D eigenvalue weighted by molar-refractivity contribution is 5.81. The number of hydrogen-bond donors (Lipinski definition) is 2. The van der Waals surface area contributed by atoms with E-state index >= 15 is 0 Å². The zero-order chi connectivity index (χ0) is 15.8. The van der Waals surface area contributed by atoms with E-state index in [-0.39, 0.29) is 6.61 Å². The van der Waals surface area contributed by atoms with Crippen LogP contribution in [0.5, 0.6) is 5.75 Å². The van der Waals surface area contributed by atoms with E-state index in [1.54, 1.807) is 32.2 Å². The van der Waals surface area contributed by atoms with Gasteiger partial charge in [0, 0.05) is 0 Å². The minimum Gasteiger partial charge on any atom is -0.496 e. The molecule has 0 saturated heterocycles. The Morgan fingerprint density at radius 3 is 2.62 bits per heavy atom. The third kappa shape index (κ3) is 4.98. The molecule has 0 radical (unpaired) electrons. The third-order valence-corrected chi connectivity index (χ3v) is 2.99. The molecule has 21 heavy (non-hydrogen) atoms. The van der Waals surface area contributed by atoms with Crippen molar-refractivity contribution in [3.63, 3.8) is 0 Å². The van der Waals surface area contributed by atoms with Crippen LogP contribution in [0, 0.1) is 6.92 Å². The molecule has 0 aromatic heterocycles. The lowest BCUT2D eigenvalue weighted by Gasteiger charge is -2.16. The first kappa shape index (κ1) is 16.8. The average molecular weight is 295 g/mol. The highest BCUT2D eigenvalue weighted by atomic mass is 16.5. The Balaban J connectivity index is 2.80. The van der Waals surface area contributed by atoms with Gasteiger partial charge >= 0.3 is 12.1 Å². The van der Waals surface area contributed by atoms with E-state index in [4.69, 9.17) is 9.47 Å². The van der Waals surface area contributed by atoms with Crippen molar-refractivity contribution in [1.29, 1.82) is 0 Å². The Labute approximate surface area is 124 Å². The number of carboxylic acids is 1. The lowest BCUT2D eigenvalue weighted by atomic mass is 10.0. The van der Waals surface area contributed by atoms with Crippen LogP contribution < -0.4 is 10.1 Å². The molecular formula is C15H21NO5. The second kappa shape index (κ2) is 8.14. The van der Waals surface area contributed by atoms with Crippen molar-refractivity contribution in [2.24, 2.45) is 0 Å². The molecule has 2 N–H and O–H groups in total. The van der Waals surface area contributed by atoms with Crippen LogP contribution in [-0.2, 0) is 9.53 Å². The summed E-state index contributed by atoms with van der Waals surface area (Å²) < 4.78 is 10.0. The highest BCUT2D eigenvalue weighted by Crippen LogP contribution is 2.22. The van der Waals surface area contributed by atoms with Crippen LogP contribution in [0.4, 0.5) is 4.79 Å². The summed E-state index contributed by atoms with van der Waals surface area (Å²) in [7, 11) is 1.54. The van der Waals surface area contributed by atoms with Crippen molar-refractivity contribution in [2.75, 3.05) is 13.7 Å². The summed E-state index contributed by atoms with van der Waals surface area (Å²) in [5, 5.41) is 11.6. The molecule has 0 aliphatic rings. The summed E-state index contributed by atoms with van der Waals surface area (Å²) >= 11 is 0. The fraction of sp³-hybridized carbons (Fsp3) is 0.467. The number of nitrogens with one attached hydrogen (secondary N) is 1. The van der Waals surface area contributed by atoms with E-state index in [1.807, 2.05) is 6.92 Å². The van der Waals surface area contributed by atoms with Gasteiger partial charge in [-0.2, -0.15) is 0 Å². The van der Waals surface area contributed by atoms with E-state index in [1.165, 1.54) is 0 Å². The van der Waals surface area contributed by atoms with Gasteiger partial charge in [0.1, 0.15) is 5.75 Å². The Bertz CT molecular complexity index is 501. The zero-order valence-electron chi connectivity index (χ0n) is 12.5. The molecule has 1 atom stereocenters. The van der Waals surface area contributed by atoms with Gasteiger partial charge in [-0.15, -0.1) is 0 Å². The molecular weight excluding hydrogens is 274 g/mol. The monoisotopic (exact) mass is 295 g/mol. The van der Waals surface area contributed by atoms with E-state index in [0.717, 1.165) is 18.4 Å². The number of aryl methyl sites for hydroxylation is 1. The average Bonchev–Trinajstić information content (AvgIpc) is 2.44. The molecule has 1 aromatic rings. The van der Waals surface area contributed by atoms with Gasteiger partial charge in [0.2, 0.25) is 0 Å². The van der Waals surface area contributed by atoms with E-state index in [0.29, 0.717) is 11.3 Å². The molecule has 0 spiro atoms. The van der Waals surface area contributed by atoms with Gasteiger partial charge in [-0.1, -0.05) is 19.4 Å². The Hall–Kier alpha value is -2.24. The summed E-state index contributed by atoms with van der Waals surface area (Å²) in [6.07, 6.45) is 0.907. The molecule has 0 saturated carbocycles. The summed E-state index contributed by atoms with van der Waals surface area (Å²) in [4.78, 5) is 22.9. The molecule has 6 heteroatoms. The summed E-state index contributed by atoms with van der Waals surface area (Å²) in [5.41, 5.74) is 1.26. The van der Waals surface area contributed by atoms with Crippen molar-refractivity contribution in [3.05, 3.63) is 29.3 Å². The standard InChI is InChI=1S/C15H21NO5/c1-4-5-8-21-15(19)16-13(14(17)18)11-6-7-12(20-3)10(2)9-11/h6-7,9,13H,4-5,8H2,1-3H3,(H,16,19)(H,17,18). The lowest BCUT2D eigenvalue weighted by Crippen LogP contribution is -2.34. The van der Waals surface area contributed by atoms with Crippen molar-refractivity contribution in [1.82, 2.24) is 5.32 Å². The second-order valence-corrected chi connectivity index (χ2v) is 4.63. The normalized spacial score (nSPS) is 11.6. The smallest absolute Gasteiger partial charge is 0.408 e. The number of carbonyl (C=O) groups excluding carboxylic acids is 1. The number of alkyl carbamates (subject to hydrolysis) is 1. The first-order valence-corrected chi connectivity index (χ1v) is 6.80. The summed E-state index contributed by atoms with van der Waals surface area (Å²) in [6, 6.07) is 3.80. The van der Waals surface area contributed by atoms with Crippen LogP contribution in [0.25, 0.3) is 0 Å². The number of aliphatic carboxylic acids is 1. The number of carboxylic acid groups (broad SMARTS) is 1. The first-order chi connectivity index (χ1) is 9.99. The molecule has 1 rings (SSSR count). The maximum absolute atomic E-state index is 11.6. The van der Waals surface area contributed by atoms with Crippen molar-refractivity contribution < 1.29 is 24.2 Å². The van der Waals surface area contributed by atoms with Gasteiger partial charge in [-0.05, 0) is 36.6 Å². The molecule has 1 unspecified atom stereocenters. The van der Waals surface area contributed by atoms with Crippen molar-refractivity contribution >= 4 is 12.1 Å². The summed E-state index contributed by atoms with van der Waals surface area (Å²) in [6.45, 7) is 4.05. The molecule has 0 aliphatic carbocycles. The molecule has 116 valence electrons. The number of benzene rings is 1. The fourth-order valence-electron chi connectivity index (χ4n) is 1.84. The maximum atomic E-state index is 11.6. The minimum atomic E-state index is -1.15. The minimum absolute atomic E-state index is 0.274. The number of ether oxygens (including phenoxy) is 2. The Morgan fingerprint density at radius 1 is 1.38 bits per heavy atom. The van der Waals surface area contributed by atoms with Gasteiger partial charge in [0.15, 0.2) is 6.04 Å². The Morgan fingerprint density at radius 2 is 2.10 bits per heavy atom. The number of rotatable bonds is 7. The first-order valence-electron chi connectivity index (χ1n) is 6.80. The third-order valence-electron chi connectivity index (χ3n) is 2.99. The number of hydrogen-bond acceptors (Lipinski definition) is 4. The molecule has 0 bridgehead atoms. The van der Waals surface area contributed by atoms with E-state index in [9.17, 15) is 14.7 Å². The number of amides is 1. The molecule has 0 fully saturated rings. The van der Waals surface area contributed by atoms with Crippen molar-refractivity contribution in [3.8, 4) is 5.75 Å². The molecule has 1 aromatic carbocycles. The highest BCUT2D eigenvalue weighted by Gasteiger charge is 2.23. The van der Waals surface area contributed by atoms with Gasteiger partial charge in [-0.3, -0.25) is 0 Å². The predicted octanol–water partition coefficient (Wildman–Crippen LogP) is 2.66. The number of carbonyl (C=O) groups is 2.